The second-order valence-electron chi connectivity index (χ2n) is 9.72. The Morgan fingerprint density at radius 3 is 2.34 bits per heavy atom. The molecule has 0 amide bonds. The van der Waals surface area contributed by atoms with Gasteiger partial charge in [-0.05, 0) is 74.1 Å². The molecule has 0 N–H and O–H groups in total. The van der Waals surface area contributed by atoms with Gasteiger partial charge in [-0.1, -0.05) is 59.0 Å². The molecule has 3 atom stereocenters. The van der Waals surface area contributed by atoms with Crippen molar-refractivity contribution >= 4 is 11.9 Å². The third-order valence-electron chi connectivity index (χ3n) is 6.58. The average Bonchev–Trinajstić information content (AvgIpc) is 2.76. The molecule has 178 valence electrons. The Morgan fingerprint density at radius 2 is 1.69 bits per heavy atom. The first-order chi connectivity index (χ1) is 15.4. The molecule has 0 heterocycles. The molecule has 1 aromatic rings. The normalized spacial score (nSPS) is 20.7. The third kappa shape index (κ3) is 9.18. The van der Waals surface area contributed by atoms with Crippen LogP contribution in [-0.2, 0) is 9.53 Å². The van der Waals surface area contributed by atoms with E-state index in [1.165, 1.54) is 25.7 Å². The van der Waals surface area contributed by atoms with Crippen molar-refractivity contribution in [2.75, 3.05) is 0 Å². The van der Waals surface area contributed by atoms with E-state index in [0.717, 1.165) is 38.5 Å². The van der Waals surface area contributed by atoms with E-state index < -0.39 is 0 Å². The molecule has 4 heteroatoms. The van der Waals surface area contributed by atoms with Gasteiger partial charge in [0.2, 0.25) is 0 Å². The van der Waals surface area contributed by atoms with E-state index in [-0.39, 0.29) is 18.0 Å². The highest BCUT2D eigenvalue weighted by atomic mass is 16.5. The maximum absolute atomic E-state index is 12.7. The number of esters is 2. The fraction of sp³-hybridized carbons (Fsp3) is 0.643. The molecule has 1 aromatic carbocycles. The lowest BCUT2D eigenvalue weighted by Gasteiger charge is -2.36. The molecule has 0 radical (unpaired) electrons. The fourth-order valence-electron chi connectivity index (χ4n) is 4.56. The molecule has 32 heavy (non-hydrogen) atoms. The van der Waals surface area contributed by atoms with Crippen LogP contribution in [0.25, 0.3) is 0 Å². The first-order valence-electron chi connectivity index (χ1n) is 12.5. The van der Waals surface area contributed by atoms with Gasteiger partial charge in [-0.3, -0.25) is 4.79 Å². The van der Waals surface area contributed by atoms with E-state index >= 15 is 0 Å². The molecular weight excluding hydrogens is 400 g/mol. The van der Waals surface area contributed by atoms with E-state index in [9.17, 15) is 9.59 Å². The lowest BCUT2D eigenvalue weighted by molar-refractivity contribution is -0.134. The van der Waals surface area contributed by atoms with Crippen LogP contribution < -0.4 is 4.74 Å². The van der Waals surface area contributed by atoms with Crippen LogP contribution in [0, 0.1) is 17.8 Å². The van der Waals surface area contributed by atoms with Gasteiger partial charge in [0.05, 0.1) is 5.56 Å². The Bertz CT molecular complexity index is 707. The Labute approximate surface area is 194 Å². The fourth-order valence-corrected chi connectivity index (χ4v) is 4.56. The zero-order valence-corrected chi connectivity index (χ0v) is 20.3. The molecule has 4 nitrogen and oxygen atoms in total. The summed E-state index contributed by atoms with van der Waals surface area (Å²) in [6.45, 7) is 10.4. The van der Waals surface area contributed by atoms with Gasteiger partial charge in [0.1, 0.15) is 11.9 Å². The van der Waals surface area contributed by atoms with Gasteiger partial charge >= 0.3 is 11.9 Å². The summed E-state index contributed by atoms with van der Waals surface area (Å²) in [7, 11) is 0. The van der Waals surface area contributed by atoms with Crippen LogP contribution in [0.3, 0.4) is 0 Å². The molecule has 0 bridgehead atoms. The van der Waals surface area contributed by atoms with E-state index in [0.29, 0.717) is 35.5 Å². The number of ether oxygens (including phenoxy) is 2. The monoisotopic (exact) mass is 442 g/mol. The second kappa shape index (κ2) is 14.1. The van der Waals surface area contributed by atoms with Crippen molar-refractivity contribution in [3.8, 4) is 5.75 Å². The standard InChI is InChI=1S/C28H42O4/c1-5-6-7-8-9-10-11-12-13-27(29)31-24-17-15-23(16-18-24)28(30)32-26-20-22(4)14-19-25(26)21(2)3/h5,15-18,21-22,25-26H,1,6-14,19-20H2,2-4H3. The van der Waals surface area contributed by atoms with Crippen molar-refractivity contribution in [1.82, 2.24) is 0 Å². The predicted octanol–water partition coefficient (Wildman–Crippen LogP) is 7.52. The van der Waals surface area contributed by atoms with E-state index in [1.54, 1.807) is 24.3 Å². The number of allylic oxidation sites excluding steroid dienone is 1. The van der Waals surface area contributed by atoms with Crippen LogP contribution >= 0.6 is 0 Å². The number of hydrogen-bond donors (Lipinski definition) is 0. The maximum atomic E-state index is 12.7. The molecule has 1 aliphatic rings. The molecule has 0 aromatic heterocycles. The van der Waals surface area contributed by atoms with Gasteiger partial charge in [-0.15, -0.1) is 6.58 Å². The summed E-state index contributed by atoms with van der Waals surface area (Å²) in [5, 5.41) is 0. The summed E-state index contributed by atoms with van der Waals surface area (Å²) >= 11 is 0. The van der Waals surface area contributed by atoms with E-state index in [4.69, 9.17) is 9.47 Å². The van der Waals surface area contributed by atoms with Crippen LogP contribution in [0.1, 0.15) is 102 Å². The Kier molecular flexibility index (Phi) is 11.5. The van der Waals surface area contributed by atoms with Crippen LogP contribution in [0.5, 0.6) is 5.75 Å². The number of carbonyl (C=O) groups excluding carboxylic acids is 2. The van der Waals surface area contributed by atoms with Gasteiger partial charge in [0.25, 0.3) is 0 Å². The number of unbranched alkanes of at least 4 members (excludes halogenated alkanes) is 6. The number of benzene rings is 1. The van der Waals surface area contributed by atoms with Crippen LogP contribution in [0.2, 0.25) is 0 Å². The van der Waals surface area contributed by atoms with Crippen molar-refractivity contribution in [3.05, 3.63) is 42.5 Å². The molecule has 3 unspecified atom stereocenters. The lowest BCUT2D eigenvalue weighted by atomic mass is 9.75. The number of rotatable bonds is 13. The van der Waals surface area contributed by atoms with Gasteiger partial charge in [0, 0.05) is 6.42 Å². The summed E-state index contributed by atoms with van der Waals surface area (Å²) in [6.07, 6.45) is 13.4. The van der Waals surface area contributed by atoms with E-state index in [2.05, 4.69) is 27.4 Å². The average molecular weight is 443 g/mol. The summed E-state index contributed by atoms with van der Waals surface area (Å²) in [5.41, 5.74) is 0.502. The third-order valence-corrected chi connectivity index (χ3v) is 6.58. The van der Waals surface area contributed by atoms with Gasteiger partial charge in [-0.25, -0.2) is 4.79 Å². The van der Waals surface area contributed by atoms with Crippen LogP contribution in [0.4, 0.5) is 0 Å². The highest BCUT2D eigenvalue weighted by molar-refractivity contribution is 5.89. The van der Waals surface area contributed by atoms with Crippen LogP contribution in [-0.4, -0.2) is 18.0 Å². The zero-order chi connectivity index (χ0) is 23.3. The van der Waals surface area contributed by atoms with Gasteiger partial charge in [-0.2, -0.15) is 0 Å². The minimum atomic E-state index is -0.291. The lowest BCUT2D eigenvalue weighted by Crippen LogP contribution is -2.35. The first-order valence-corrected chi connectivity index (χ1v) is 12.5. The highest BCUT2D eigenvalue weighted by Gasteiger charge is 2.33. The molecule has 1 fully saturated rings. The summed E-state index contributed by atoms with van der Waals surface area (Å²) in [5.74, 6) is 1.47. The Balaban J connectivity index is 1.73. The first kappa shape index (κ1) is 26.2. The van der Waals surface area contributed by atoms with Gasteiger partial charge in [0.15, 0.2) is 0 Å². The van der Waals surface area contributed by atoms with Crippen molar-refractivity contribution in [1.29, 1.82) is 0 Å². The largest absolute Gasteiger partial charge is 0.458 e. The van der Waals surface area contributed by atoms with Crippen molar-refractivity contribution in [2.24, 2.45) is 17.8 Å². The molecule has 0 spiro atoms. The highest BCUT2D eigenvalue weighted by Crippen LogP contribution is 2.35. The smallest absolute Gasteiger partial charge is 0.338 e. The minimum absolute atomic E-state index is 0.0225. The quantitative estimate of drug-likeness (QED) is 0.137. The summed E-state index contributed by atoms with van der Waals surface area (Å²) in [4.78, 5) is 24.7. The molecule has 2 rings (SSSR count). The number of hydrogen-bond acceptors (Lipinski definition) is 4. The number of carbonyl (C=O) groups is 2. The summed E-state index contributed by atoms with van der Waals surface area (Å²) in [6, 6.07) is 6.73. The summed E-state index contributed by atoms with van der Waals surface area (Å²) < 4.78 is 11.3. The predicted molar refractivity (Wildman–Crippen MR) is 130 cm³/mol. The molecule has 0 aliphatic heterocycles. The van der Waals surface area contributed by atoms with Gasteiger partial charge < -0.3 is 9.47 Å². The second-order valence-corrected chi connectivity index (χ2v) is 9.72. The van der Waals surface area contributed by atoms with Crippen molar-refractivity contribution in [2.45, 2.75) is 97.5 Å². The molecule has 1 aliphatic carbocycles. The molecule has 0 saturated heterocycles. The molecule has 1 saturated carbocycles. The zero-order valence-electron chi connectivity index (χ0n) is 20.3. The van der Waals surface area contributed by atoms with E-state index in [1.807, 2.05) is 6.08 Å². The minimum Gasteiger partial charge on any atom is -0.458 e. The SMILES string of the molecule is C=CCCCCCCCCC(=O)Oc1ccc(C(=O)OC2CC(C)CCC2C(C)C)cc1. The topological polar surface area (TPSA) is 52.6 Å². The maximum Gasteiger partial charge on any atom is 0.338 e. The Morgan fingerprint density at radius 1 is 1.03 bits per heavy atom. The Hall–Kier alpha value is -2.10. The van der Waals surface area contributed by atoms with Crippen molar-refractivity contribution in [3.63, 3.8) is 0 Å². The van der Waals surface area contributed by atoms with Crippen molar-refractivity contribution < 1.29 is 19.1 Å². The molecular formula is C28H42O4. The van der Waals surface area contributed by atoms with Crippen LogP contribution in [0.15, 0.2) is 36.9 Å².